The van der Waals surface area contributed by atoms with E-state index in [4.69, 9.17) is 4.98 Å². The van der Waals surface area contributed by atoms with Crippen LogP contribution in [0.1, 0.15) is 16.7 Å². The highest BCUT2D eigenvalue weighted by molar-refractivity contribution is 9.10. The van der Waals surface area contributed by atoms with Crippen molar-refractivity contribution >= 4 is 27.0 Å². The summed E-state index contributed by atoms with van der Waals surface area (Å²) in [6.07, 6.45) is 0. The van der Waals surface area contributed by atoms with Crippen molar-refractivity contribution in [3.8, 4) is 11.4 Å². The largest absolute Gasteiger partial charge is 0.338 e. The van der Waals surface area contributed by atoms with Gasteiger partial charge in [-0.2, -0.15) is 0 Å². The fraction of sp³-hybridized carbons (Fsp3) is 0.188. The van der Waals surface area contributed by atoms with Crippen LogP contribution in [0, 0.1) is 20.8 Å². The molecule has 0 saturated carbocycles. The highest BCUT2D eigenvalue weighted by atomic mass is 79.9. The van der Waals surface area contributed by atoms with Crippen LogP contribution in [0.15, 0.2) is 34.8 Å². The van der Waals surface area contributed by atoms with Crippen molar-refractivity contribution in [1.82, 2.24) is 9.97 Å². The Morgan fingerprint density at radius 3 is 2.63 bits per heavy atom. The average Bonchev–Trinajstić information content (AvgIpc) is 2.76. The highest BCUT2D eigenvalue weighted by Gasteiger charge is 2.10. The van der Waals surface area contributed by atoms with E-state index in [-0.39, 0.29) is 0 Å². The number of benzene rings is 2. The third kappa shape index (κ3) is 2.08. The summed E-state index contributed by atoms with van der Waals surface area (Å²) >= 11 is 3.53. The smallest absolute Gasteiger partial charge is 0.138 e. The van der Waals surface area contributed by atoms with Gasteiger partial charge in [-0.25, -0.2) is 4.98 Å². The van der Waals surface area contributed by atoms with E-state index in [2.05, 4.69) is 72.0 Å². The third-order valence-electron chi connectivity index (χ3n) is 3.60. The zero-order chi connectivity index (χ0) is 13.6. The molecule has 0 bridgehead atoms. The fourth-order valence-corrected chi connectivity index (χ4v) is 2.95. The molecule has 0 aliphatic rings. The Bertz CT molecular complexity index is 772. The summed E-state index contributed by atoms with van der Waals surface area (Å²) in [5.41, 5.74) is 7.03. The lowest BCUT2D eigenvalue weighted by Gasteiger charge is -2.05. The van der Waals surface area contributed by atoms with E-state index in [1.807, 2.05) is 0 Å². The number of H-pyrrole nitrogens is 1. The number of aromatic nitrogens is 2. The van der Waals surface area contributed by atoms with Crippen LogP contribution >= 0.6 is 15.9 Å². The summed E-state index contributed by atoms with van der Waals surface area (Å²) in [6.45, 7) is 6.35. The van der Waals surface area contributed by atoms with Gasteiger partial charge in [-0.3, -0.25) is 0 Å². The lowest BCUT2D eigenvalue weighted by molar-refractivity contribution is 1.27. The second kappa shape index (κ2) is 4.49. The molecule has 96 valence electrons. The molecule has 0 fully saturated rings. The molecular formula is C16H15BrN2. The number of nitrogens with one attached hydrogen (secondary N) is 1. The Labute approximate surface area is 121 Å². The van der Waals surface area contributed by atoms with Gasteiger partial charge < -0.3 is 4.98 Å². The number of rotatable bonds is 1. The van der Waals surface area contributed by atoms with Crippen molar-refractivity contribution in [2.24, 2.45) is 0 Å². The minimum Gasteiger partial charge on any atom is -0.338 e. The molecular weight excluding hydrogens is 300 g/mol. The second-order valence-electron chi connectivity index (χ2n) is 4.95. The molecule has 0 unspecified atom stereocenters. The zero-order valence-corrected chi connectivity index (χ0v) is 12.8. The van der Waals surface area contributed by atoms with Gasteiger partial charge in [0.1, 0.15) is 5.82 Å². The first-order valence-corrected chi connectivity index (χ1v) is 7.08. The standard InChI is InChI=1S/C16H15BrN2/c1-9-5-4-6-13(11(9)3)16-18-14-8-12(17)7-10(2)15(14)19-16/h4-8H,1-3H3,(H,18,19). The monoisotopic (exact) mass is 314 g/mol. The number of hydrogen-bond acceptors (Lipinski definition) is 1. The summed E-state index contributed by atoms with van der Waals surface area (Å²) in [6, 6.07) is 10.5. The predicted molar refractivity (Wildman–Crippen MR) is 83.4 cm³/mol. The van der Waals surface area contributed by atoms with Crippen molar-refractivity contribution in [1.29, 1.82) is 0 Å². The molecule has 0 atom stereocenters. The van der Waals surface area contributed by atoms with Gasteiger partial charge in [0.05, 0.1) is 11.0 Å². The molecule has 2 nitrogen and oxygen atoms in total. The molecule has 2 aromatic carbocycles. The number of nitrogens with zero attached hydrogens (tertiary/aromatic N) is 1. The van der Waals surface area contributed by atoms with Gasteiger partial charge in [-0.1, -0.05) is 34.1 Å². The van der Waals surface area contributed by atoms with E-state index >= 15 is 0 Å². The van der Waals surface area contributed by atoms with E-state index in [0.29, 0.717) is 0 Å². The summed E-state index contributed by atoms with van der Waals surface area (Å²) < 4.78 is 1.08. The summed E-state index contributed by atoms with van der Waals surface area (Å²) in [5, 5.41) is 0. The van der Waals surface area contributed by atoms with Gasteiger partial charge >= 0.3 is 0 Å². The SMILES string of the molecule is Cc1cccc(-c2nc3c(C)cc(Br)cc3[nH]2)c1C. The molecule has 1 aromatic heterocycles. The van der Waals surface area contributed by atoms with Gasteiger partial charge in [-0.15, -0.1) is 0 Å². The molecule has 1 heterocycles. The molecule has 19 heavy (non-hydrogen) atoms. The molecule has 0 saturated heterocycles. The first-order chi connectivity index (χ1) is 9.06. The molecule has 0 amide bonds. The van der Waals surface area contributed by atoms with Crippen LogP contribution in [0.4, 0.5) is 0 Å². The molecule has 3 rings (SSSR count). The van der Waals surface area contributed by atoms with Crippen LogP contribution in [0.5, 0.6) is 0 Å². The Morgan fingerprint density at radius 2 is 1.84 bits per heavy atom. The minimum atomic E-state index is 0.942. The zero-order valence-electron chi connectivity index (χ0n) is 11.2. The molecule has 3 aromatic rings. The van der Waals surface area contributed by atoms with Crippen molar-refractivity contribution in [2.45, 2.75) is 20.8 Å². The average molecular weight is 315 g/mol. The Kier molecular flexibility index (Phi) is 2.94. The topological polar surface area (TPSA) is 28.7 Å². The molecule has 3 heteroatoms. The first kappa shape index (κ1) is 12.4. The molecule has 0 aliphatic carbocycles. The van der Waals surface area contributed by atoms with Crippen LogP contribution in [-0.4, -0.2) is 9.97 Å². The van der Waals surface area contributed by atoms with Crippen molar-refractivity contribution in [2.75, 3.05) is 0 Å². The Hall–Kier alpha value is -1.61. The normalized spacial score (nSPS) is 11.2. The highest BCUT2D eigenvalue weighted by Crippen LogP contribution is 2.28. The van der Waals surface area contributed by atoms with Gasteiger partial charge in [0.15, 0.2) is 0 Å². The van der Waals surface area contributed by atoms with Gasteiger partial charge in [0, 0.05) is 10.0 Å². The molecule has 1 N–H and O–H groups in total. The van der Waals surface area contributed by atoms with Crippen LogP contribution in [0.25, 0.3) is 22.4 Å². The van der Waals surface area contributed by atoms with Crippen molar-refractivity contribution in [3.63, 3.8) is 0 Å². The molecule has 0 aliphatic heterocycles. The number of imidazole rings is 1. The number of halogens is 1. The van der Waals surface area contributed by atoms with E-state index in [9.17, 15) is 0 Å². The maximum absolute atomic E-state index is 4.75. The maximum atomic E-state index is 4.75. The van der Waals surface area contributed by atoms with Crippen LogP contribution in [-0.2, 0) is 0 Å². The molecule has 0 radical (unpaired) electrons. The van der Waals surface area contributed by atoms with E-state index < -0.39 is 0 Å². The molecule has 0 spiro atoms. The summed E-state index contributed by atoms with van der Waals surface area (Å²) in [5.74, 6) is 0.942. The van der Waals surface area contributed by atoms with Crippen LogP contribution < -0.4 is 0 Å². The predicted octanol–water partition coefficient (Wildman–Crippen LogP) is 4.92. The first-order valence-electron chi connectivity index (χ1n) is 6.28. The Morgan fingerprint density at radius 1 is 1.05 bits per heavy atom. The number of aryl methyl sites for hydroxylation is 2. The lowest BCUT2D eigenvalue weighted by Crippen LogP contribution is -1.88. The number of aromatic amines is 1. The van der Waals surface area contributed by atoms with Crippen molar-refractivity contribution < 1.29 is 0 Å². The quantitative estimate of drug-likeness (QED) is 0.678. The van der Waals surface area contributed by atoms with Crippen LogP contribution in [0.2, 0.25) is 0 Å². The second-order valence-corrected chi connectivity index (χ2v) is 5.87. The third-order valence-corrected chi connectivity index (χ3v) is 4.06. The van der Waals surface area contributed by atoms with Crippen LogP contribution in [0.3, 0.4) is 0 Å². The summed E-state index contributed by atoms with van der Waals surface area (Å²) in [4.78, 5) is 8.17. The summed E-state index contributed by atoms with van der Waals surface area (Å²) in [7, 11) is 0. The van der Waals surface area contributed by atoms with Gasteiger partial charge in [0.25, 0.3) is 0 Å². The van der Waals surface area contributed by atoms with E-state index in [0.717, 1.165) is 21.3 Å². The van der Waals surface area contributed by atoms with Gasteiger partial charge in [0.2, 0.25) is 0 Å². The van der Waals surface area contributed by atoms with Gasteiger partial charge in [-0.05, 0) is 49.6 Å². The number of hydrogen-bond donors (Lipinski definition) is 1. The van der Waals surface area contributed by atoms with E-state index in [1.165, 1.54) is 22.3 Å². The maximum Gasteiger partial charge on any atom is 0.138 e. The Balaban J connectivity index is 2.26. The van der Waals surface area contributed by atoms with Crippen molar-refractivity contribution in [3.05, 3.63) is 51.5 Å². The number of fused-ring (bicyclic) bond motifs is 1. The fourth-order valence-electron chi connectivity index (χ4n) is 2.38. The lowest BCUT2D eigenvalue weighted by atomic mass is 10.0. The minimum absolute atomic E-state index is 0.942. The van der Waals surface area contributed by atoms with E-state index in [1.54, 1.807) is 0 Å².